The van der Waals surface area contributed by atoms with Crippen LogP contribution in [-0.2, 0) is 6.54 Å². The van der Waals surface area contributed by atoms with Gasteiger partial charge >= 0.3 is 0 Å². The topological polar surface area (TPSA) is 28.2 Å². The van der Waals surface area contributed by atoms with Crippen LogP contribution >= 0.6 is 23.4 Å². The lowest BCUT2D eigenvalue weighted by Crippen LogP contribution is -2.31. The Kier molecular flexibility index (Phi) is 6.82. The third-order valence-electron chi connectivity index (χ3n) is 2.92. The number of halogens is 1. The fraction of sp³-hybridized carbons (Fsp3) is 0.615. The molecule has 0 aliphatic carbocycles. The molecule has 1 unspecified atom stereocenters. The van der Waals surface area contributed by atoms with E-state index in [4.69, 9.17) is 11.6 Å². The summed E-state index contributed by atoms with van der Waals surface area (Å²) in [5, 5.41) is 4.02. The van der Waals surface area contributed by atoms with E-state index in [9.17, 15) is 0 Å². The Morgan fingerprint density at radius 2 is 2.28 bits per heavy atom. The van der Waals surface area contributed by atoms with Crippen molar-refractivity contribution >= 4 is 29.2 Å². The maximum absolute atomic E-state index is 6.15. The van der Waals surface area contributed by atoms with Crippen LogP contribution in [0, 0.1) is 0 Å². The van der Waals surface area contributed by atoms with Gasteiger partial charge in [0.25, 0.3) is 0 Å². The summed E-state index contributed by atoms with van der Waals surface area (Å²) in [5.41, 5.74) is 1.10. The first kappa shape index (κ1) is 15.6. The van der Waals surface area contributed by atoms with E-state index in [2.05, 4.69) is 48.4 Å². The second-order valence-corrected chi connectivity index (χ2v) is 5.65. The van der Waals surface area contributed by atoms with Crippen LogP contribution in [0.2, 0.25) is 5.02 Å². The Labute approximate surface area is 119 Å². The van der Waals surface area contributed by atoms with Crippen LogP contribution < -0.4 is 10.2 Å². The summed E-state index contributed by atoms with van der Waals surface area (Å²) in [6, 6.07) is 2.53. The van der Waals surface area contributed by atoms with Gasteiger partial charge in [0.1, 0.15) is 5.82 Å². The zero-order valence-electron chi connectivity index (χ0n) is 11.5. The van der Waals surface area contributed by atoms with E-state index >= 15 is 0 Å². The quantitative estimate of drug-likeness (QED) is 0.834. The van der Waals surface area contributed by atoms with Gasteiger partial charge in [0.15, 0.2) is 0 Å². The molecule has 0 amide bonds. The van der Waals surface area contributed by atoms with Gasteiger partial charge in [0, 0.05) is 31.6 Å². The van der Waals surface area contributed by atoms with Gasteiger partial charge in [-0.05, 0) is 31.4 Å². The first-order valence-corrected chi connectivity index (χ1v) is 7.94. The van der Waals surface area contributed by atoms with Gasteiger partial charge < -0.3 is 10.2 Å². The van der Waals surface area contributed by atoms with Crippen molar-refractivity contribution in [2.75, 3.05) is 30.5 Å². The molecule has 3 nitrogen and oxygen atoms in total. The smallest absolute Gasteiger partial charge is 0.128 e. The minimum absolute atomic E-state index is 0.459. The van der Waals surface area contributed by atoms with Crippen molar-refractivity contribution in [3.63, 3.8) is 0 Å². The number of aromatic nitrogens is 1. The number of nitrogens with zero attached hydrogens (tertiary/aromatic N) is 2. The molecule has 0 saturated carbocycles. The van der Waals surface area contributed by atoms with E-state index < -0.39 is 0 Å². The van der Waals surface area contributed by atoms with Crippen molar-refractivity contribution in [3.8, 4) is 0 Å². The largest absolute Gasteiger partial charge is 0.356 e. The molecule has 0 saturated heterocycles. The zero-order valence-corrected chi connectivity index (χ0v) is 13.1. The van der Waals surface area contributed by atoms with E-state index in [1.165, 1.54) is 0 Å². The van der Waals surface area contributed by atoms with Crippen LogP contribution in [0.1, 0.15) is 19.4 Å². The maximum atomic E-state index is 6.15. The Bertz CT molecular complexity index is 373. The van der Waals surface area contributed by atoms with Gasteiger partial charge in [-0.25, -0.2) is 4.98 Å². The summed E-state index contributed by atoms with van der Waals surface area (Å²) in [4.78, 5) is 6.60. The van der Waals surface area contributed by atoms with Crippen molar-refractivity contribution in [1.29, 1.82) is 0 Å². The molecule has 0 aromatic carbocycles. The molecule has 1 aromatic heterocycles. The summed E-state index contributed by atoms with van der Waals surface area (Å²) >= 11 is 8.00. The predicted molar refractivity (Wildman–Crippen MR) is 82.9 cm³/mol. The molecule has 0 radical (unpaired) electrons. The Balaban J connectivity index is 2.82. The molecule has 1 atom stereocenters. The summed E-state index contributed by atoms with van der Waals surface area (Å²) in [5.74, 6) is 2.07. The van der Waals surface area contributed by atoms with E-state index in [0.29, 0.717) is 6.04 Å². The molecule has 0 aliphatic heterocycles. The van der Waals surface area contributed by atoms with E-state index in [-0.39, 0.29) is 0 Å². The molecule has 1 N–H and O–H groups in total. The van der Waals surface area contributed by atoms with Crippen molar-refractivity contribution in [1.82, 2.24) is 10.3 Å². The number of anilines is 1. The fourth-order valence-electron chi connectivity index (χ4n) is 1.63. The molecule has 18 heavy (non-hydrogen) atoms. The van der Waals surface area contributed by atoms with Gasteiger partial charge in [0.05, 0.1) is 5.02 Å². The first-order chi connectivity index (χ1) is 8.60. The highest BCUT2D eigenvalue weighted by atomic mass is 35.5. The van der Waals surface area contributed by atoms with Crippen LogP contribution in [0.25, 0.3) is 0 Å². The fourth-order valence-corrected chi connectivity index (χ4v) is 2.51. The molecule has 102 valence electrons. The van der Waals surface area contributed by atoms with Gasteiger partial charge in [-0.1, -0.05) is 18.5 Å². The van der Waals surface area contributed by atoms with Crippen LogP contribution in [-0.4, -0.2) is 36.6 Å². The molecule has 0 aliphatic rings. The van der Waals surface area contributed by atoms with Crippen LogP contribution in [0.15, 0.2) is 12.3 Å². The molecule has 5 heteroatoms. The van der Waals surface area contributed by atoms with Gasteiger partial charge in [-0.3, -0.25) is 0 Å². The first-order valence-electron chi connectivity index (χ1n) is 6.17. The second kappa shape index (κ2) is 7.87. The van der Waals surface area contributed by atoms with Gasteiger partial charge in [-0.15, -0.1) is 0 Å². The molecule has 0 spiro atoms. The number of hydrogen-bond acceptors (Lipinski definition) is 4. The number of rotatable bonds is 7. The van der Waals surface area contributed by atoms with Crippen molar-refractivity contribution in [2.45, 2.75) is 26.4 Å². The Morgan fingerprint density at radius 1 is 1.56 bits per heavy atom. The Hall–Kier alpha value is -0.450. The van der Waals surface area contributed by atoms with Crippen LogP contribution in [0.4, 0.5) is 5.82 Å². The van der Waals surface area contributed by atoms with Gasteiger partial charge in [-0.2, -0.15) is 11.8 Å². The lowest BCUT2D eigenvalue weighted by molar-refractivity contribution is 0.720. The summed E-state index contributed by atoms with van der Waals surface area (Å²) in [6.45, 7) is 6.02. The minimum Gasteiger partial charge on any atom is -0.356 e. The molecule has 0 bridgehead atoms. The molecule has 1 rings (SSSR count). The van der Waals surface area contributed by atoms with Crippen LogP contribution in [0.3, 0.4) is 0 Å². The van der Waals surface area contributed by atoms with Crippen molar-refractivity contribution in [2.24, 2.45) is 0 Å². The van der Waals surface area contributed by atoms with E-state index in [1.54, 1.807) is 6.20 Å². The number of nitrogens with one attached hydrogen (secondary N) is 1. The SMILES string of the molecule is CCNCc1cc(N(C)C(C)CSC)ncc1Cl. The summed E-state index contributed by atoms with van der Waals surface area (Å²) in [7, 11) is 2.08. The maximum Gasteiger partial charge on any atom is 0.128 e. The second-order valence-electron chi connectivity index (χ2n) is 4.33. The third kappa shape index (κ3) is 4.34. The highest BCUT2D eigenvalue weighted by Gasteiger charge is 2.12. The predicted octanol–water partition coefficient (Wildman–Crippen LogP) is 3.03. The van der Waals surface area contributed by atoms with Crippen molar-refractivity contribution < 1.29 is 0 Å². The zero-order chi connectivity index (χ0) is 13.5. The monoisotopic (exact) mass is 287 g/mol. The van der Waals surface area contributed by atoms with E-state index in [0.717, 1.165) is 35.2 Å². The molecule has 1 heterocycles. The number of hydrogen-bond donors (Lipinski definition) is 1. The number of pyridine rings is 1. The highest BCUT2D eigenvalue weighted by Crippen LogP contribution is 2.21. The van der Waals surface area contributed by atoms with Gasteiger partial charge in [0.2, 0.25) is 0 Å². The molecule has 1 aromatic rings. The lowest BCUT2D eigenvalue weighted by atomic mass is 10.2. The third-order valence-corrected chi connectivity index (χ3v) is 4.07. The lowest BCUT2D eigenvalue weighted by Gasteiger charge is -2.26. The molecular formula is C13H22ClN3S. The molecule has 0 fully saturated rings. The minimum atomic E-state index is 0.459. The summed E-state index contributed by atoms with van der Waals surface area (Å²) < 4.78 is 0. The van der Waals surface area contributed by atoms with Crippen LogP contribution in [0.5, 0.6) is 0 Å². The number of thioether (sulfide) groups is 1. The average molecular weight is 288 g/mol. The molecular weight excluding hydrogens is 266 g/mol. The van der Waals surface area contributed by atoms with Crippen molar-refractivity contribution in [3.05, 3.63) is 22.8 Å². The normalized spacial score (nSPS) is 12.5. The summed E-state index contributed by atoms with van der Waals surface area (Å²) in [6.07, 6.45) is 3.86. The average Bonchev–Trinajstić information content (AvgIpc) is 2.37. The standard InChI is InChI=1S/C13H22ClN3S/c1-5-15-7-11-6-13(16-8-12(11)14)17(3)10(2)9-18-4/h6,8,10,15H,5,7,9H2,1-4H3. The van der Waals surface area contributed by atoms with E-state index in [1.807, 2.05) is 11.8 Å². The Morgan fingerprint density at radius 3 is 2.89 bits per heavy atom. The highest BCUT2D eigenvalue weighted by molar-refractivity contribution is 7.98.